The molecule has 142 valence electrons. The van der Waals surface area contributed by atoms with E-state index in [9.17, 15) is 19.7 Å². The van der Waals surface area contributed by atoms with E-state index in [1.54, 1.807) is 6.07 Å². The lowest BCUT2D eigenvalue weighted by Crippen LogP contribution is -2.29. The van der Waals surface area contributed by atoms with Gasteiger partial charge in [0.25, 0.3) is 5.69 Å². The van der Waals surface area contributed by atoms with Crippen LogP contribution in [0.1, 0.15) is 0 Å². The van der Waals surface area contributed by atoms with Crippen LogP contribution in [-0.4, -0.2) is 38.1 Å². The van der Waals surface area contributed by atoms with Gasteiger partial charge in [-0.05, 0) is 18.2 Å². The molecule has 10 nitrogen and oxygen atoms in total. The van der Waals surface area contributed by atoms with Crippen molar-refractivity contribution in [2.24, 2.45) is 0 Å². The Hall–Kier alpha value is -3.82. The number of nitrogens with zero attached hydrogens (tertiary/aromatic N) is 1. The maximum Gasteiger partial charge on any atom is 0.314 e. The van der Waals surface area contributed by atoms with Crippen molar-refractivity contribution in [3.05, 3.63) is 46.5 Å². The number of ether oxygens (including phenoxy) is 3. The van der Waals surface area contributed by atoms with Gasteiger partial charge in [0.15, 0.2) is 11.5 Å². The molecule has 0 radical (unpaired) electrons. The van der Waals surface area contributed by atoms with Gasteiger partial charge in [-0.25, -0.2) is 0 Å². The predicted octanol–water partition coefficient (Wildman–Crippen LogP) is 2.20. The zero-order chi connectivity index (χ0) is 20.0. The largest absolute Gasteiger partial charge is 0.495 e. The molecule has 0 saturated heterocycles. The van der Waals surface area contributed by atoms with Crippen LogP contribution in [0.25, 0.3) is 0 Å². The molecule has 2 N–H and O–H groups in total. The first-order valence-electron chi connectivity index (χ1n) is 7.56. The highest BCUT2D eigenvalue weighted by Crippen LogP contribution is 2.30. The van der Waals surface area contributed by atoms with Crippen LogP contribution in [0.15, 0.2) is 36.4 Å². The Morgan fingerprint density at radius 2 is 1.44 bits per heavy atom. The molecule has 0 aliphatic rings. The van der Waals surface area contributed by atoms with Crippen molar-refractivity contribution in [1.29, 1.82) is 0 Å². The van der Waals surface area contributed by atoms with Gasteiger partial charge in [-0.3, -0.25) is 19.7 Å². The number of nitro groups is 1. The fourth-order valence-corrected chi connectivity index (χ4v) is 2.19. The maximum atomic E-state index is 12.1. The number of rotatable bonds is 6. The van der Waals surface area contributed by atoms with Gasteiger partial charge in [0, 0.05) is 23.9 Å². The molecule has 0 bridgehead atoms. The zero-order valence-corrected chi connectivity index (χ0v) is 14.8. The monoisotopic (exact) mass is 375 g/mol. The lowest BCUT2D eigenvalue weighted by atomic mass is 10.2. The summed E-state index contributed by atoms with van der Waals surface area (Å²) in [6.07, 6.45) is 0. The Morgan fingerprint density at radius 3 is 2.04 bits per heavy atom. The highest BCUT2D eigenvalue weighted by atomic mass is 16.6. The molecular formula is C17H17N3O7. The average molecular weight is 375 g/mol. The Kier molecular flexibility index (Phi) is 6.15. The molecule has 0 spiro atoms. The molecule has 2 aromatic rings. The van der Waals surface area contributed by atoms with Gasteiger partial charge in [-0.15, -0.1) is 0 Å². The number of hydrogen-bond donors (Lipinski definition) is 2. The molecule has 2 amide bonds. The van der Waals surface area contributed by atoms with E-state index in [0.29, 0.717) is 17.2 Å². The second kappa shape index (κ2) is 8.52. The fraction of sp³-hybridized carbons (Fsp3) is 0.176. The van der Waals surface area contributed by atoms with Crippen molar-refractivity contribution in [3.63, 3.8) is 0 Å². The SMILES string of the molecule is COc1ccc([N+](=O)[O-])cc1NC(=O)C(=O)Nc1ccc(OC)c(OC)c1. The molecule has 0 atom stereocenters. The number of benzene rings is 2. The summed E-state index contributed by atoms with van der Waals surface area (Å²) in [7, 11) is 4.24. The van der Waals surface area contributed by atoms with E-state index < -0.39 is 16.7 Å². The van der Waals surface area contributed by atoms with Gasteiger partial charge < -0.3 is 24.8 Å². The van der Waals surface area contributed by atoms with Crippen molar-refractivity contribution >= 4 is 28.9 Å². The number of amides is 2. The first-order chi connectivity index (χ1) is 12.9. The second-order valence-corrected chi connectivity index (χ2v) is 5.12. The summed E-state index contributed by atoms with van der Waals surface area (Å²) in [6, 6.07) is 8.22. The average Bonchev–Trinajstić information content (AvgIpc) is 2.67. The number of non-ortho nitro benzene ring substituents is 1. The van der Waals surface area contributed by atoms with E-state index in [1.165, 1.54) is 45.6 Å². The summed E-state index contributed by atoms with van der Waals surface area (Å²) in [6.45, 7) is 0. The number of carbonyl (C=O) groups is 2. The van der Waals surface area contributed by atoms with Crippen molar-refractivity contribution in [2.75, 3.05) is 32.0 Å². The summed E-state index contributed by atoms with van der Waals surface area (Å²) < 4.78 is 15.3. The highest BCUT2D eigenvalue weighted by molar-refractivity contribution is 6.43. The third-order valence-corrected chi connectivity index (χ3v) is 3.49. The van der Waals surface area contributed by atoms with Crippen LogP contribution in [-0.2, 0) is 9.59 Å². The number of methoxy groups -OCH3 is 3. The van der Waals surface area contributed by atoms with E-state index in [0.717, 1.165) is 6.07 Å². The molecule has 2 aromatic carbocycles. The van der Waals surface area contributed by atoms with E-state index in [-0.39, 0.29) is 17.1 Å². The first-order valence-corrected chi connectivity index (χ1v) is 7.56. The third kappa shape index (κ3) is 4.63. The van der Waals surface area contributed by atoms with Gasteiger partial charge in [0.05, 0.1) is 31.9 Å². The number of anilines is 2. The highest BCUT2D eigenvalue weighted by Gasteiger charge is 2.19. The Balaban J connectivity index is 2.15. The standard InChI is InChI=1S/C17H17N3O7/c1-25-13-7-5-11(20(23)24)9-12(13)19-17(22)16(21)18-10-4-6-14(26-2)15(8-10)27-3/h4-9H,1-3H3,(H,18,21)(H,19,22). The van der Waals surface area contributed by atoms with Crippen LogP contribution in [0.4, 0.5) is 17.1 Å². The summed E-state index contributed by atoms with van der Waals surface area (Å²) in [5, 5.41) is 15.6. The molecule has 10 heteroatoms. The van der Waals surface area contributed by atoms with Gasteiger partial charge >= 0.3 is 11.8 Å². The predicted molar refractivity (Wildman–Crippen MR) is 96.5 cm³/mol. The number of hydrogen-bond acceptors (Lipinski definition) is 7. The smallest absolute Gasteiger partial charge is 0.314 e. The number of nitrogens with one attached hydrogen (secondary N) is 2. The molecule has 0 fully saturated rings. The van der Waals surface area contributed by atoms with E-state index in [4.69, 9.17) is 14.2 Å². The zero-order valence-electron chi connectivity index (χ0n) is 14.8. The summed E-state index contributed by atoms with van der Waals surface area (Å²) in [4.78, 5) is 34.5. The molecule has 0 saturated carbocycles. The van der Waals surface area contributed by atoms with E-state index >= 15 is 0 Å². The van der Waals surface area contributed by atoms with Crippen molar-refractivity contribution in [2.45, 2.75) is 0 Å². The second-order valence-electron chi connectivity index (χ2n) is 5.12. The molecule has 0 aliphatic heterocycles. The fourth-order valence-electron chi connectivity index (χ4n) is 2.19. The van der Waals surface area contributed by atoms with Crippen LogP contribution >= 0.6 is 0 Å². The molecular weight excluding hydrogens is 358 g/mol. The molecule has 0 unspecified atom stereocenters. The minimum atomic E-state index is -1.02. The molecule has 0 heterocycles. The van der Waals surface area contributed by atoms with Gasteiger partial charge in [0.2, 0.25) is 0 Å². The molecule has 0 aromatic heterocycles. The quantitative estimate of drug-likeness (QED) is 0.450. The summed E-state index contributed by atoms with van der Waals surface area (Å²) in [5.74, 6) is -0.996. The van der Waals surface area contributed by atoms with Crippen molar-refractivity contribution in [1.82, 2.24) is 0 Å². The lowest BCUT2D eigenvalue weighted by molar-refractivity contribution is -0.384. The third-order valence-electron chi connectivity index (χ3n) is 3.49. The van der Waals surface area contributed by atoms with Crippen LogP contribution in [0.3, 0.4) is 0 Å². The molecule has 0 aliphatic carbocycles. The number of carbonyl (C=O) groups excluding carboxylic acids is 2. The van der Waals surface area contributed by atoms with Gasteiger partial charge in [-0.1, -0.05) is 0 Å². The van der Waals surface area contributed by atoms with Crippen molar-refractivity contribution < 1.29 is 28.7 Å². The summed E-state index contributed by atoms with van der Waals surface area (Å²) >= 11 is 0. The normalized spacial score (nSPS) is 9.89. The first kappa shape index (κ1) is 19.5. The van der Waals surface area contributed by atoms with Gasteiger partial charge in [-0.2, -0.15) is 0 Å². The lowest BCUT2D eigenvalue weighted by Gasteiger charge is -2.12. The Bertz CT molecular complexity index is 883. The van der Waals surface area contributed by atoms with E-state index in [1.807, 2.05) is 0 Å². The Labute approximate surface area is 154 Å². The van der Waals surface area contributed by atoms with Gasteiger partial charge in [0.1, 0.15) is 5.75 Å². The number of nitro benzene ring substituents is 1. The minimum absolute atomic E-state index is 0.000776. The van der Waals surface area contributed by atoms with Crippen LogP contribution in [0, 0.1) is 10.1 Å². The topological polar surface area (TPSA) is 129 Å². The van der Waals surface area contributed by atoms with Crippen molar-refractivity contribution in [3.8, 4) is 17.2 Å². The van der Waals surface area contributed by atoms with Crippen LogP contribution in [0.2, 0.25) is 0 Å². The molecule has 2 rings (SSSR count). The van der Waals surface area contributed by atoms with Crippen LogP contribution < -0.4 is 24.8 Å². The summed E-state index contributed by atoms with van der Waals surface area (Å²) in [5.41, 5.74) is 0.0457. The minimum Gasteiger partial charge on any atom is -0.495 e. The molecule has 27 heavy (non-hydrogen) atoms. The maximum absolute atomic E-state index is 12.1. The Morgan fingerprint density at radius 1 is 0.852 bits per heavy atom. The van der Waals surface area contributed by atoms with E-state index in [2.05, 4.69) is 10.6 Å². The van der Waals surface area contributed by atoms with Crippen LogP contribution in [0.5, 0.6) is 17.2 Å².